The predicted octanol–water partition coefficient (Wildman–Crippen LogP) is -1.84. The van der Waals surface area contributed by atoms with Crippen LogP contribution in [-0.4, -0.2) is 76.4 Å². The Bertz CT molecular complexity index is 1270. The first-order valence-electron chi connectivity index (χ1n) is 13.1. The monoisotopic (exact) mass is 573 g/mol. The van der Waals surface area contributed by atoms with Gasteiger partial charge in [-0.05, 0) is 30.4 Å². The van der Waals surface area contributed by atoms with Crippen LogP contribution in [0.4, 0.5) is 0 Å². The van der Waals surface area contributed by atoms with Crippen molar-refractivity contribution in [3.63, 3.8) is 0 Å². The largest absolute Gasteiger partial charge is 0.480 e. The van der Waals surface area contributed by atoms with Crippen LogP contribution in [0.1, 0.15) is 38.7 Å². The van der Waals surface area contributed by atoms with Crippen molar-refractivity contribution >= 4 is 46.5 Å². The molecule has 13 N–H and O–H groups in total. The standard InChI is InChI=1S/C26H39N9O6/c1-13(2)21(35-22(37)16(27)11-20(28)36)24(39)34-19(10-14-12-32-17-7-4-3-6-15(14)17)23(38)33-18(25(40)41)8-5-9-31-26(29)30/h3-4,6-7,12-13,16,18-19,21,32H,5,8-11,27H2,1-2H3,(H2,28,36)(H,33,38)(H,34,39)(H,35,37)(H,40,41)(H4,29,30,31). The lowest BCUT2D eigenvalue weighted by Gasteiger charge is -2.27. The number of aromatic amines is 1. The third kappa shape index (κ3) is 10.1. The van der Waals surface area contributed by atoms with Gasteiger partial charge in [-0.2, -0.15) is 0 Å². The number of guanidine groups is 1. The number of nitrogens with one attached hydrogen (secondary N) is 4. The van der Waals surface area contributed by atoms with E-state index in [0.29, 0.717) is 5.56 Å². The Morgan fingerprint density at radius 3 is 2.22 bits per heavy atom. The summed E-state index contributed by atoms with van der Waals surface area (Å²) < 4.78 is 0. The lowest BCUT2D eigenvalue weighted by molar-refractivity contribution is -0.142. The molecule has 4 unspecified atom stereocenters. The van der Waals surface area contributed by atoms with E-state index in [1.54, 1.807) is 20.0 Å². The second kappa shape index (κ2) is 15.2. The Kier molecular flexibility index (Phi) is 12.1. The van der Waals surface area contributed by atoms with E-state index in [0.717, 1.165) is 10.9 Å². The number of benzene rings is 1. The molecule has 2 aromatic rings. The number of primary amides is 1. The van der Waals surface area contributed by atoms with Crippen molar-refractivity contribution in [2.75, 3.05) is 6.54 Å². The fraction of sp³-hybridized carbons (Fsp3) is 0.462. The number of H-pyrrole nitrogens is 1. The molecule has 0 bridgehead atoms. The summed E-state index contributed by atoms with van der Waals surface area (Å²) >= 11 is 0. The van der Waals surface area contributed by atoms with Crippen molar-refractivity contribution in [2.45, 2.75) is 63.7 Å². The number of carboxylic acids is 1. The van der Waals surface area contributed by atoms with Gasteiger partial charge in [0.2, 0.25) is 23.6 Å². The minimum absolute atomic E-state index is 0.0158. The molecule has 2 rings (SSSR count). The summed E-state index contributed by atoms with van der Waals surface area (Å²) in [6, 6.07) is 2.50. The fourth-order valence-corrected chi connectivity index (χ4v) is 4.13. The molecule has 1 aromatic carbocycles. The van der Waals surface area contributed by atoms with Crippen molar-refractivity contribution in [1.29, 1.82) is 0 Å². The van der Waals surface area contributed by atoms with E-state index in [2.05, 4.69) is 25.9 Å². The Balaban J connectivity index is 2.28. The number of rotatable bonds is 16. The van der Waals surface area contributed by atoms with Gasteiger partial charge in [0.25, 0.3) is 0 Å². The average Bonchev–Trinajstić information content (AvgIpc) is 3.30. The van der Waals surface area contributed by atoms with Gasteiger partial charge in [-0.3, -0.25) is 24.2 Å². The smallest absolute Gasteiger partial charge is 0.326 e. The van der Waals surface area contributed by atoms with Crippen LogP contribution in [0, 0.1) is 5.92 Å². The number of hydrogen-bond donors (Lipinski definition) is 9. The highest BCUT2D eigenvalue weighted by molar-refractivity contribution is 5.95. The molecule has 0 saturated carbocycles. The molecule has 0 aliphatic rings. The first kappa shape index (κ1) is 32.6. The van der Waals surface area contributed by atoms with Crippen LogP contribution in [0.25, 0.3) is 10.9 Å². The molecule has 0 spiro atoms. The lowest BCUT2D eigenvalue weighted by atomic mass is 9.99. The maximum absolute atomic E-state index is 13.4. The number of carboxylic acid groups (broad SMARTS) is 1. The van der Waals surface area contributed by atoms with Gasteiger partial charge in [-0.25, -0.2) is 4.79 Å². The first-order valence-corrected chi connectivity index (χ1v) is 13.1. The van der Waals surface area contributed by atoms with Crippen LogP contribution in [-0.2, 0) is 30.4 Å². The minimum Gasteiger partial charge on any atom is -0.480 e. The van der Waals surface area contributed by atoms with Gasteiger partial charge in [0.05, 0.1) is 12.5 Å². The van der Waals surface area contributed by atoms with Gasteiger partial charge in [-0.1, -0.05) is 32.0 Å². The van der Waals surface area contributed by atoms with Gasteiger partial charge in [0.15, 0.2) is 5.96 Å². The number of nitrogens with two attached hydrogens (primary N) is 4. The highest BCUT2D eigenvalue weighted by Crippen LogP contribution is 2.19. The fourth-order valence-electron chi connectivity index (χ4n) is 4.13. The zero-order valence-corrected chi connectivity index (χ0v) is 23.1. The molecule has 4 atom stereocenters. The summed E-state index contributed by atoms with van der Waals surface area (Å²) in [7, 11) is 0. The van der Waals surface area contributed by atoms with Crippen LogP contribution in [0.2, 0.25) is 0 Å². The van der Waals surface area contributed by atoms with E-state index in [1.807, 2.05) is 24.3 Å². The molecule has 0 fully saturated rings. The Hall–Kier alpha value is -4.66. The molecule has 0 radical (unpaired) electrons. The molecule has 0 aliphatic heterocycles. The second-order valence-electron chi connectivity index (χ2n) is 9.98. The van der Waals surface area contributed by atoms with Crippen LogP contribution in [0.5, 0.6) is 0 Å². The third-order valence-electron chi connectivity index (χ3n) is 6.30. The molecule has 15 nitrogen and oxygen atoms in total. The number of aromatic nitrogens is 1. The number of amides is 4. The van der Waals surface area contributed by atoms with Gasteiger partial charge < -0.3 is 49.0 Å². The zero-order valence-electron chi connectivity index (χ0n) is 23.1. The molecule has 1 heterocycles. The summed E-state index contributed by atoms with van der Waals surface area (Å²) in [5, 5.41) is 18.1. The summed E-state index contributed by atoms with van der Waals surface area (Å²) in [6.07, 6.45) is 1.62. The van der Waals surface area contributed by atoms with Gasteiger partial charge in [0, 0.05) is 30.1 Å². The number of aliphatic carboxylic acids is 1. The maximum atomic E-state index is 13.4. The third-order valence-corrected chi connectivity index (χ3v) is 6.30. The van der Waals surface area contributed by atoms with Crippen molar-refractivity contribution in [3.8, 4) is 0 Å². The summed E-state index contributed by atoms with van der Waals surface area (Å²) in [6.45, 7) is 3.52. The number of carbonyl (C=O) groups is 5. The molecule has 4 amide bonds. The molecular weight excluding hydrogens is 534 g/mol. The van der Waals surface area contributed by atoms with E-state index in [4.69, 9.17) is 22.9 Å². The van der Waals surface area contributed by atoms with Crippen LogP contribution < -0.4 is 38.9 Å². The van der Waals surface area contributed by atoms with E-state index in [9.17, 15) is 29.1 Å². The first-order chi connectivity index (χ1) is 19.3. The molecule has 224 valence electrons. The van der Waals surface area contributed by atoms with Crippen molar-refractivity contribution in [1.82, 2.24) is 20.9 Å². The van der Waals surface area contributed by atoms with Crippen molar-refractivity contribution in [3.05, 3.63) is 36.0 Å². The van der Waals surface area contributed by atoms with Gasteiger partial charge >= 0.3 is 5.97 Å². The number of fused-ring (bicyclic) bond motifs is 1. The molecule has 41 heavy (non-hydrogen) atoms. The normalized spacial score (nSPS) is 14.0. The van der Waals surface area contributed by atoms with E-state index < -0.39 is 66.1 Å². The zero-order chi connectivity index (χ0) is 30.7. The minimum atomic E-state index is -1.27. The second-order valence-corrected chi connectivity index (χ2v) is 9.98. The highest BCUT2D eigenvalue weighted by atomic mass is 16.4. The summed E-state index contributed by atoms with van der Waals surface area (Å²) in [5.41, 5.74) is 22.9. The summed E-state index contributed by atoms with van der Waals surface area (Å²) in [4.78, 5) is 69.2. The van der Waals surface area contributed by atoms with Crippen LogP contribution >= 0.6 is 0 Å². The van der Waals surface area contributed by atoms with E-state index in [1.165, 1.54) is 0 Å². The molecule has 1 aromatic heterocycles. The molecule has 15 heteroatoms. The van der Waals surface area contributed by atoms with Crippen molar-refractivity contribution in [2.24, 2.45) is 33.8 Å². The number of carbonyl (C=O) groups excluding carboxylic acids is 4. The van der Waals surface area contributed by atoms with Crippen LogP contribution in [0.15, 0.2) is 35.5 Å². The van der Waals surface area contributed by atoms with Crippen molar-refractivity contribution < 1.29 is 29.1 Å². The van der Waals surface area contributed by atoms with Gasteiger partial charge in [0.1, 0.15) is 18.1 Å². The highest BCUT2D eigenvalue weighted by Gasteiger charge is 2.32. The molecule has 0 aliphatic carbocycles. The summed E-state index contributed by atoms with van der Waals surface area (Å²) in [5.74, 6) is -4.81. The maximum Gasteiger partial charge on any atom is 0.326 e. The number of hydrogen-bond acceptors (Lipinski definition) is 7. The Morgan fingerprint density at radius 1 is 0.951 bits per heavy atom. The number of aliphatic imine (C=N–C) groups is 1. The number of nitrogens with zero attached hydrogens (tertiary/aromatic N) is 1. The number of para-hydroxylation sites is 1. The Morgan fingerprint density at radius 2 is 1.61 bits per heavy atom. The molecule has 0 saturated heterocycles. The average molecular weight is 574 g/mol. The predicted molar refractivity (Wildman–Crippen MR) is 152 cm³/mol. The van der Waals surface area contributed by atoms with E-state index >= 15 is 0 Å². The SMILES string of the molecule is CC(C)C(NC(=O)C(N)CC(N)=O)C(=O)NC(Cc1c[nH]c2ccccc12)C(=O)NC(CCCN=C(N)N)C(=O)O. The van der Waals surface area contributed by atoms with Crippen LogP contribution in [0.3, 0.4) is 0 Å². The Labute approximate surface area is 236 Å². The molecular formula is C26H39N9O6. The van der Waals surface area contributed by atoms with Gasteiger partial charge in [-0.15, -0.1) is 0 Å². The quantitative estimate of drug-likeness (QED) is 0.0619. The van der Waals surface area contributed by atoms with E-state index in [-0.39, 0.29) is 31.8 Å². The topological polar surface area (TPSA) is 274 Å². The lowest BCUT2D eigenvalue weighted by Crippen LogP contribution is -2.59.